The second-order valence-electron chi connectivity index (χ2n) is 7.71. The van der Waals surface area contributed by atoms with Crippen molar-refractivity contribution in [1.29, 1.82) is 0 Å². The van der Waals surface area contributed by atoms with E-state index in [-0.39, 0.29) is 5.82 Å². The molecule has 0 radical (unpaired) electrons. The van der Waals surface area contributed by atoms with E-state index >= 15 is 0 Å². The third-order valence-corrected chi connectivity index (χ3v) is 5.47. The van der Waals surface area contributed by atoms with Crippen LogP contribution in [0.5, 0.6) is 0 Å². The van der Waals surface area contributed by atoms with Crippen LogP contribution in [0.3, 0.4) is 0 Å². The van der Waals surface area contributed by atoms with E-state index in [0.29, 0.717) is 0 Å². The maximum absolute atomic E-state index is 13.1. The third kappa shape index (κ3) is 7.40. The van der Waals surface area contributed by atoms with Crippen molar-refractivity contribution in [2.45, 2.75) is 12.8 Å². The third-order valence-electron chi connectivity index (χ3n) is 5.47. The number of carboxylic acids is 2. The van der Waals surface area contributed by atoms with Crippen molar-refractivity contribution in [3.8, 4) is 11.1 Å². The summed E-state index contributed by atoms with van der Waals surface area (Å²) in [4.78, 5) is 20.7. The summed E-state index contributed by atoms with van der Waals surface area (Å²) in [6.45, 7) is 3.10. The average molecular weight is 448 g/mol. The molecule has 5 nitrogen and oxygen atoms in total. The second kappa shape index (κ2) is 11.7. The molecule has 0 bridgehead atoms. The normalized spacial score (nSPS) is 13.4. The van der Waals surface area contributed by atoms with Gasteiger partial charge in [0.25, 0.3) is 0 Å². The van der Waals surface area contributed by atoms with Crippen molar-refractivity contribution in [3.63, 3.8) is 0 Å². The van der Waals surface area contributed by atoms with E-state index in [1.54, 1.807) is 12.1 Å². The minimum atomic E-state index is -1.82. The van der Waals surface area contributed by atoms with Crippen LogP contribution in [0.2, 0.25) is 0 Å². The van der Waals surface area contributed by atoms with Crippen LogP contribution >= 0.6 is 0 Å². The maximum atomic E-state index is 13.1. The zero-order valence-electron chi connectivity index (χ0n) is 18.2. The monoisotopic (exact) mass is 447 g/mol. The molecule has 1 aliphatic heterocycles. The molecule has 0 saturated heterocycles. The van der Waals surface area contributed by atoms with E-state index in [0.717, 1.165) is 38.0 Å². The minimum Gasteiger partial charge on any atom is -0.473 e. The number of carbonyl (C=O) groups is 2. The molecule has 2 N–H and O–H groups in total. The molecule has 170 valence electrons. The smallest absolute Gasteiger partial charge is 0.414 e. The molecule has 3 aromatic rings. The van der Waals surface area contributed by atoms with Gasteiger partial charge in [0.2, 0.25) is 0 Å². The van der Waals surface area contributed by atoms with Gasteiger partial charge in [0, 0.05) is 19.6 Å². The molecule has 0 aliphatic carbocycles. The molecule has 0 unspecified atom stereocenters. The first-order valence-electron chi connectivity index (χ1n) is 10.7. The highest BCUT2D eigenvalue weighted by Gasteiger charge is 2.13. The van der Waals surface area contributed by atoms with Crippen molar-refractivity contribution in [3.05, 3.63) is 102 Å². The van der Waals surface area contributed by atoms with Crippen molar-refractivity contribution in [2.24, 2.45) is 0 Å². The number of benzene rings is 3. The second-order valence-corrected chi connectivity index (χ2v) is 7.71. The van der Waals surface area contributed by atoms with E-state index in [2.05, 4.69) is 59.5 Å². The minimum absolute atomic E-state index is 0.171. The number of aliphatic carboxylic acids is 2. The highest BCUT2D eigenvalue weighted by Crippen LogP contribution is 2.23. The lowest BCUT2D eigenvalue weighted by molar-refractivity contribution is -0.159. The molecule has 0 spiro atoms. The quantitative estimate of drug-likeness (QED) is 0.540. The van der Waals surface area contributed by atoms with E-state index < -0.39 is 11.9 Å². The molecule has 3 aromatic carbocycles. The molecule has 33 heavy (non-hydrogen) atoms. The lowest BCUT2D eigenvalue weighted by Crippen LogP contribution is -2.30. The van der Waals surface area contributed by atoms with Crippen LogP contribution in [0.25, 0.3) is 16.7 Å². The van der Waals surface area contributed by atoms with Crippen LogP contribution in [0.15, 0.2) is 84.9 Å². The number of hydrogen-bond acceptors (Lipinski definition) is 3. The van der Waals surface area contributed by atoms with Gasteiger partial charge in [0.15, 0.2) is 0 Å². The van der Waals surface area contributed by atoms with Crippen molar-refractivity contribution in [2.75, 3.05) is 19.6 Å². The highest BCUT2D eigenvalue weighted by atomic mass is 19.1. The molecule has 0 fully saturated rings. The molecule has 0 amide bonds. The van der Waals surface area contributed by atoms with Crippen LogP contribution in [0.1, 0.15) is 17.5 Å². The van der Waals surface area contributed by atoms with Gasteiger partial charge in [0.1, 0.15) is 5.82 Å². The Balaban J connectivity index is 0.000000454. The van der Waals surface area contributed by atoms with E-state index in [4.69, 9.17) is 19.8 Å². The SMILES string of the molecule is Fc1ccc(C2=CCN(CCc3ccc(-c4ccccc4)cc3)CC2)cc1.O=C(O)C(=O)O. The van der Waals surface area contributed by atoms with Crippen molar-refractivity contribution < 1.29 is 24.2 Å². The van der Waals surface area contributed by atoms with Gasteiger partial charge in [-0.3, -0.25) is 4.90 Å². The predicted molar refractivity (Wildman–Crippen MR) is 126 cm³/mol. The Kier molecular flexibility index (Phi) is 8.49. The van der Waals surface area contributed by atoms with Crippen LogP contribution < -0.4 is 0 Å². The molecular formula is C27H26FNO4. The van der Waals surface area contributed by atoms with Crippen LogP contribution in [0, 0.1) is 5.82 Å². The lowest BCUT2D eigenvalue weighted by atomic mass is 9.99. The lowest BCUT2D eigenvalue weighted by Gasteiger charge is -2.26. The van der Waals surface area contributed by atoms with E-state index in [9.17, 15) is 4.39 Å². The van der Waals surface area contributed by atoms with Gasteiger partial charge in [-0.25, -0.2) is 14.0 Å². The summed E-state index contributed by atoms with van der Waals surface area (Å²) in [7, 11) is 0. The summed E-state index contributed by atoms with van der Waals surface area (Å²) in [5, 5.41) is 14.8. The fraction of sp³-hybridized carbons (Fsp3) is 0.185. The summed E-state index contributed by atoms with van der Waals surface area (Å²) >= 11 is 0. The number of halogens is 1. The number of rotatable bonds is 5. The average Bonchev–Trinajstić information content (AvgIpc) is 2.85. The highest BCUT2D eigenvalue weighted by molar-refractivity contribution is 6.27. The van der Waals surface area contributed by atoms with Crippen molar-refractivity contribution in [1.82, 2.24) is 4.90 Å². The van der Waals surface area contributed by atoms with Gasteiger partial charge < -0.3 is 10.2 Å². The van der Waals surface area contributed by atoms with E-state index in [1.165, 1.54) is 22.3 Å². The molecule has 6 heteroatoms. The molecule has 1 aliphatic rings. The topological polar surface area (TPSA) is 77.8 Å². The first-order valence-corrected chi connectivity index (χ1v) is 10.7. The number of nitrogens with zero attached hydrogens (tertiary/aromatic N) is 1. The Morgan fingerprint density at radius 1 is 0.788 bits per heavy atom. The number of carboxylic acid groups (broad SMARTS) is 2. The molecule has 4 rings (SSSR count). The Morgan fingerprint density at radius 2 is 1.36 bits per heavy atom. The summed E-state index contributed by atoms with van der Waals surface area (Å²) in [5.41, 5.74) is 6.39. The Bertz CT molecular complexity index is 1080. The van der Waals surface area contributed by atoms with E-state index in [1.807, 2.05) is 18.2 Å². The zero-order chi connectivity index (χ0) is 23.6. The standard InChI is InChI=1S/C25H24FN.C2H2O4/c26-25-12-10-23(11-13-25)24-15-18-27(19-16-24)17-14-20-6-8-22(9-7-20)21-4-2-1-3-5-21;3-1(4)2(5)6/h1-13,15H,14,16-19H2;(H,3,4)(H,5,6). The fourth-order valence-corrected chi connectivity index (χ4v) is 3.62. The zero-order valence-corrected chi connectivity index (χ0v) is 18.2. The van der Waals surface area contributed by atoms with Gasteiger partial charge in [-0.1, -0.05) is 72.8 Å². The maximum Gasteiger partial charge on any atom is 0.414 e. The molecular weight excluding hydrogens is 421 g/mol. The van der Waals surface area contributed by atoms with Crippen LogP contribution in [0.4, 0.5) is 4.39 Å². The van der Waals surface area contributed by atoms with Gasteiger partial charge in [-0.15, -0.1) is 0 Å². The van der Waals surface area contributed by atoms with Gasteiger partial charge in [-0.2, -0.15) is 0 Å². The summed E-state index contributed by atoms with van der Waals surface area (Å²) in [6.07, 6.45) is 4.38. The fourth-order valence-electron chi connectivity index (χ4n) is 3.62. The predicted octanol–water partition coefficient (Wildman–Crippen LogP) is 4.98. The van der Waals surface area contributed by atoms with Gasteiger partial charge in [-0.05, 0) is 52.8 Å². The summed E-state index contributed by atoms with van der Waals surface area (Å²) in [6, 6.07) is 26.3. The molecule has 0 aromatic heterocycles. The number of hydrogen-bond donors (Lipinski definition) is 2. The first-order chi connectivity index (χ1) is 15.9. The molecule has 1 heterocycles. The van der Waals surface area contributed by atoms with Crippen molar-refractivity contribution >= 4 is 17.5 Å². The van der Waals surface area contributed by atoms with Gasteiger partial charge >= 0.3 is 11.9 Å². The Hall–Kier alpha value is -3.77. The Morgan fingerprint density at radius 3 is 1.91 bits per heavy atom. The largest absolute Gasteiger partial charge is 0.473 e. The van der Waals surface area contributed by atoms with Crippen LogP contribution in [-0.2, 0) is 16.0 Å². The summed E-state index contributed by atoms with van der Waals surface area (Å²) in [5.74, 6) is -3.82. The van der Waals surface area contributed by atoms with Crippen LogP contribution in [-0.4, -0.2) is 46.7 Å². The first kappa shape index (κ1) is 23.9. The van der Waals surface area contributed by atoms with Gasteiger partial charge in [0.05, 0.1) is 0 Å². The molecule has 0 atom stereocenters. The summed E-state index contributed by atoms with van der Waals surface area (Å²) < 4.78 is 13.1. The Labute approximate surface area is 192 Å². The molecule has 0 saturated carbocycles.